The molecule has 1 unspecified atom stereocenters. The maximum Gasteiger partial charge on any atom is 0.218 e. The van der Waals surface area contributed by atoms with Crippen molar-refractivity contribution in [3.63, 3.8) is 0 Å². The van der Waals surface area contributed by atoms with E-state index in [-0.39, 0.29) is 5.91 Å². The highest BCUT2D eigenvalue weighted by molar-refractivity contribution is 5.75. The average Bonchev–Trinajstić information content (AvgIpc) is 2.79. The van der Waals surface area contributed by atoms with Crippen molar-refractivity contribution in [2.24, 2.45) is 5.92 Å². The molecule has 0 spiro atoms. The number of amides is 1. The number of rotatable bonds is 7. The highest BCUT2D eigenvalue weighted by Gasteiger charge is 2.36. The lowest BCUT2D eigenvalue weighted by Gasteiger charge is -2.38. The van der Waals surface area contributed by atoms with Crippen LogP contribution >= 0.6 is 0 Å². The van der Waals surface area contributed by atoms with E-state index < -0.39 is 5.66 Å². The molecule has 7 nitrogen and oxygen atoms in total. The van der Waals surface area contributed by atoms with Gasteiger partial charge in [-0.15, -0.1) is 0 Å². The van der Waals surface area contributed by atoms with Gasteiger partial charge in [-0.2, -0.15) is 0 Å². The van der Waals surface area contributed by atoms with Crippen molar-refractivity contribution < 1.29 is 14.3 Å². The third-order valence-corrected chi connectivity index (χ3v) is 5.85. The number of hydrogen-bond acceptors (Lipinski definition) is 6. The van der Waals surface area contributed by atoms with Gasteiger partial charge in [-0.1, -0.05) is 6.07 Å². The topological polar surface area (TPSA) is 84.5 Å². The second-order valence-corrected chi connectivity index (χ2v) is 7.93. The quantitative estimate of drug-likeness (QED) is 0.607. The molecule has 1 fully saturated rings. The number of nitrogens with one attached hydrogen (secondary N) is 3. The van der Waals surface area contributed by atoms with E-state index in [1.54, 1.807) is 19.3 Å². The van der Waals surface area contributed by atoms with Gasteiger partial charge < -0.3 is 20.1 Å². The van der Waals surface area contributed by atoms with Gasteiger partial charge in [0, 0.05) is 24.9 Å². The minimum absolute atomic E-state index is 0.115. The van der Waals surface area contributed by atoms with Crippen molar-refractivity contribution in [3.8, 4) is 11.5 Å². The normalized spacial score (nSPS) is 18.4. The third-order valence-electron chi connectivity index (χ3n) is 5.85. The lowest BCUT2D eigenvalue weighted by atomic mass is 9.89. The molecule has 2 aliphatic rings. The van der Waals surface area contributed by atoms with Gasteiger partial charge in [0.25, 0.3) is 0 Å². The first-order valence-electron chi connectivity index (χ1n) is 10.7. The van der Waals surface area contributed by atoms with Crippen LogP contribution in [0.2, 0.25) is 0 Å². The summed E-state index contributed by atoms with van der Waals surface area (Å²) in [4.78, 5) is 16.5. The van der Waals surface area contributed by atoms with Gasteiger partial charge in [-0.3, -0.25) is 15.1 Å². The maximum absolute atomic E-state index is 12.3. The summed E-state index contributed by atoms with van der Waals surface area (Å²) in [5.41, 5.74) is 0.950. The number of benzene rings is 1. The van der Waals surface area contributed by atoms with Crippen LogP contribution in [0.1, 0.15) is 37.3 Å². The van der Waals surface area contributed by atoms with Crippen LogP contribution in [-0.4, -0.2) is 43.7 Å². The van der Waals surface area contributed by atoms with Crippen molar-refractivity contribution >= 4 is 5.91 Å². The molecule has 4 rings (SSSR count). The number of carbonyl (C=O) groups excluding carboxylic acids is 1. The van der Waals surface area contributed by atoms with Gasteiger partial charge in [0.2, 0.25) is 5.91 Å². The molecule has 1 amide bonds. The van der Waals surface area contributed by atoms with E-state index in [1.165, 1.54) is 12.8 Å². The summed E-state index contributed by atoms with van der Waals surface area (Å²) in [6.07, 6.45) is 6.93. The zero-order valence-electron chi connectivity index (χ0n) is 17.4. The molecule has 2 aromatic rings. The molecular formula is C23H30N4O3. The third kappa shape index (κ3) is 4.57. The fraction of sp³-hybridized carbons (Fsp3) is 0.478. The van der Waals surface area contributed by atoms with Crippen LogP contribution in [0.4, 0.5) is 0 Å². The first-order valence-corrected chi connectivity index (χ1v) is 10.7. The molecule has 0 bridgehead atoms. The predicted molar refractivity (Wildman–Crippen MR) is 114 cm³/mol. The van der Waals surface area contributed by atoms with Crippen LogP contribution in [0.5, 0.6) is 11.5 Å². The zero-order valence-corrected chi connectivity index (χ0v) is 17.4. The Hall–Kier alpha value is -2.64. The van der Waals surface area contributed by atoms with E-state index in [2.05, 4.69) is 20.9 Å². The van der Waals surface area contributed by atoms with Crippen molar-refractivity contribution in [3.05, 3.63) is 53.9 Å². The molecule has 3 N–H and O–H groups in total. The summed E-state index contributed by atoms with van der Waals surface area (Å²) in [5, 5.41) is 10.3. The van der Waals surface area contributed by atoms with E-state index in [4.69, 9.17) is 9.47 Å². The Kier molecular flexibility index (Phi) is 6.50. The average molecular weight is 411 g/mol. The molecule has 1 atom stereocenters. The summed E-state index contributed by atoms with van der Waals surface area (Å²) in [6.45, 7) is 5.54. The highest BCUT2D eigenvalue weighted by atomic mass is 16.6. The molecule has 30 heavy (non-hydrogen) atoms. The van der Waals surface area contributed by atoms with Crippen LogP contribution in [0.25, 0.3) is 0 Å². The summed E-state index contributed by atoms with van der Waals surface area (Å²) < 4.78 is 11.5. The highest BCUT2D eigenvalue weighted by Crippen LogP contribution is 2.36. The van der Waals surface area contributed by atoms with Crippen LogP contribution in [0.3, 0.4) is 0 Å². The summed E-state index contributed by atoms with van der Waals surface area (Å²) in [5.74, 6) is 2.00. The first kappa shape index (κ1) is 20.6. The summed E-state index contributed by atoms with van der Waals surface area (Å²) >= 11 is 0. The van der Waals surface area contributed by atoms with Crippen LogP contribution in [-0.2, 0) is 10.5 Å². The second kappa shape index (κ2) is 9.45. The Balaban J connectivity index is 1.67. The minimum atomic E-state index is -0.877. The van der Waals surface area contributed by atoms with Crippen molar-refractivity contribution in [2.45, 2.75) is 31.8 Å². The number of pyridine rings is 1. The molecule has 160 valence electrons. The number of carbonyl (C=O) groups is 1. The summed E-state index contributed by atoms with van der Waals surface area (Å²) in [7, 11) is 0. The summed E-state index contributed by atoms with van der Waals surface area (Å²) in [6, 6.07) is 9.73. The van der Waals surface area contributed by atoms with Gasteiger partial charge in [0.05, 0.1) is 0 Å². The van der Waals surface area contributed by atoms with E-state index in [1.807, 2.05) is 30.3 Å². The monoisotopic (exact) mass is 410 g/mol. The molecule has 0 aliphatic carbocycles. The van der Waals surface area contributed by atoms with E-state index in [9.17, 15) is 4.79 Å². The molecule has 3 heterocycles. The molecular weight excluding hydrogens is 380 g/mol. The Morgan fingerprint density at radius 3 is 2.57 bits per heavy atom. The van der Waals surface area contributed by atoms with E-state index in [0.29, 0.717) is 24.9 Å². The standard InChI is InChI=1S/C23H30N4O3/c1-17(28)27-23(19-7-11-25-12-8-19,26-13-6-18-4-9-24-10-5-18)20-2-3-21-22(16-20)30-15-14-29-21/h2-3,7-8,11-12,16,18,24,26H,4-6,9-10,13-15H2,1H3,(H,27,28). The Bertz CT molecular complexity index is 855. The van der Waals surface area contributed by atoms with E-state index >= 15 is 0 Å². The van der Waals surface area contributed by atoms with Crippen LogP contribution < -0.4 is 25.4 Å². The fourth-order valence-corrected chi connectivity index (χ4v) is 4.34. The van der Waals surface area contributed by atoms with Gasteiger partial charge in [0.15, 0.2) is 11.5 Å². The lowest BCUT2D eigenvalue weighted by Crippen LogP contribution is -2.57. The molecule has 0 saturated carbocycles. The van der Waals surface area contributed by atoms with Gasteiger partial charge >= 0.3 is 0 Å². The molecule has 7 heteroatoms. The SMILES string of the molecule is CC(=O)NC(NCCC1CCNCC1)(c1ccncc1)c1ccc2c(c1)OCCO2. The smallest absolute Gasteiger partial charge is 0.218 e. The number of nitrogens with zero attached hydrogens (tertiary/aromatic N) is 1. The number of fused-ring (bicyclic) bond motifs is 1. The first-order chi connectivity index (χ1) is 14.7. The molecule has 2 aliphatic heterocycles. The van der Waals surface area contributed by atoms with Gasteiger partial charge in [-0.05, 0) is 74.6 Å². The van der Waals surface area contributed by atoms with Crippen molar-refractivity contribution in [1.29, 1.82) is 0 Å². The number of aromatic nitrogens is 1. The Morgan fingerprint density at radius 1 is 1.10 bits per heavy atom. The molecule has 1 saturated heterocycles. The molecule has 1 aromatic heterocycles. The lowest BCUT2D eigenvalue weighted by molar-refractivity contribution is -0.120. The van der Waals surface area contributed by atoms with Crippen molar-refractivity contribution in [2.75, 3.05) is 32.8 Å². The van der Waals surface area contributed by atoms with Gasteiger partial charge in [0.1, 0.15) is 18.9 Å². The number of hydrogen-bond donors (Lipinski definition) is 3. The second-order valence-electron chi connectivity index (χ2n) is 7.93. The largest absolute Gasteiger partial charge is 0.486 e. The fourth-order valence-electron chi connectivity index (χ4n) is 4.34. The van der Waals surface area contributed by atoms with E-state index in [0.717, 1.165) is 42.9 Å². The predicted octanol–water partition coefficient (Wildman–Crippen LogP) is 2.17. The van der Waals surface area contributed by atoms with Crippen molar-refractivity contribution in [1.82, 2.24) is 20.9 Å². The Labute approximate surface area is 177 Å². The number of piperidine rings is 1. The Morgan fingerprint density at radius 2 is 1.83 bits per heavy atom. The van der Waals surface area contributed by atoms with Crippen LogP contribution in [0, 0.1) is 5.92 Å². The minimum Gasteiger partial charge on any atom is -0.486 e. The zero-order chi connectivity index (χ0) is 20.8. The van der Waals surface area contributed by atoms with Gasteiger partial charge in [-0.25, -0.2) is 0 Å². The maximum atomic E-state index is 12.3. The molecule has 0 radical (unpaired) electrons. The molecule has 1 aromatic carbocycles. The van der Waals surface area contributed by atoms with Crippen LogP contribution in [0.15, 0.2) is 42.7 Å². The number of ether oxygens (including phenoxy) is 2.